The Hall–Kier alpha value is -2.74. The van der Waals surface area contributed by atoms with E-state index >= 15 is 0 Å². The van der Waals surface area contributed by atoms with Gasteiger partial charge >= 0.3 is 6.03 Å². The maximum Gasteiger partial charge on any atom is 0.319 e. The van der Waals surface area contributed by atoms with Crippen LogP contribution in [0.2, 0.25) is 0 Å². The second-order valence-electron chi connectivity index (χ2n) is 6.31. The molecule has 2 heterocycles. The van der Waals surface area contributed by atoms with Crippen LogP contribution in [0.1, 0.15) is 40.3 Å². The summed E-state index contributed by atoms with van der Waals surface area (Å²) in [4.78, 5) is 22.4. The molecular weight excluding hydrogens is 350 g/mol. The molecule has 1 aromatic carbocycles. The fourth-order valence-corrected chi connectivity index (χ4v) is 4.16. The number of hydrogen-bond acceptors (Lipinski definition) is 6. The maximum atomic E-state index is 12.4. The number of benzene rings is 1. The van der Waals surface area contributed by atoms with Gasteiger partial charge in [-0.25, -0.2) is 9.78 Å². The SMILES string of the molecule is Cc1noc(-c2ccc(NC(=O)N[C@@H]3CCCc4sc(C)nc43)cc2)n1. The highest BCUT2D eigenvalue weighted by Crippen LogP contribution is 2.33. The molecule has 0 unspecified atom stereocenters. The number of nitrogens with zero attached hydrogens (tertiary/aromatic N) is 3. The molecular formula is C18H19N5O2S. The fourth-order valence-electron chi connectivity index (χ4n) is 3.12. The Kier molecular flexibility index (Phi) is 4.42. The average molecular weight is 369 g/mol. The van der Waals surface area contributed by atoms with Crippen LogP contribution < -0.4 is 10.6 Å². The number of hydrogen-bond donors (Lipinski definition) is 2. The van der Waals surface area contributed by atoms with Crippen molar-refractivity contribution in [1.82, 2.24) is 20.4 Å². The predicted octanol–water partition coefficient (Wildman–Crippen LogP) is 4.01. The third kappa shape index (κ3) is 3.45. The molecule has 0 spiro atoms. The van der Waals surface area contributed by atoms with Crippen LogP contribution in [0.4, 0.5) is 10.5 Å². The van der Waals surface area contributed by atoms with Gasteiger partial charge in [0.05, 0.1) is 16.7 Å². The Bertz CT molecular complexity index is 931. The lowest BCUT2D eigenvalue weighted by atomic mass is 9.98. The van der Waals surface area contributed by atoms with Crippen LogP contribution in [-0.4, -0.2) is 21.2 Å². The lowest BCUT2D eigenvalue weighted by Crippen LogP contribution is -2.34. The summed E-state index contributed by atoms with van der Waals surface area (Å²) < 4.78 is 5.14. The molecule has 7 nitrogen and oxygen atoms in total. The van der Waals surface area contributed by atoms with Crippen molar-refractivity contribution in [3.8, 4) is 11.5 Å². The minimum Gasteiger partial charge on any atom is -0.334 e. The highest BCUT2D eigenvalue weighted by Gasteiger charge is 2.25. The predicted molar refractivity (Wildman–Crippen MR) is 99.2 cm³/mol. The summed E-state index contributed by atoms with van der Waals surface area (Å²) >= 11 is 1.72. The molecule has 0 saturated heterocycles. The fraction of sp³-hybridized carbons (Fsp3) is 0.333. The molecule has 0 fully saturated rings. The molecule has 1 atom stereocenters. The summed E-state index contributed by atoms with van der Waals surface area (Å²) in [6.45, 7) is 3.78. The summed E-state index contributed by atoms with van der Waals surface area (Å²) in [6, 6.07) is 7.05. The van der Waals surface area contributed by atoms with Gasteiger partial charge in [0, 0.05) is 16.1 Å². The maximum absolute atomic E-state index is 12.4. The molecule has 134 valence electrons. The Balaban J connectivity index is 1.41. The zero-order valence-electron chi connectivity index (χ0n) is 14.6. The monoisotopic (exact) mass is 369 g/mol. The number of thiazole rings is 1. The number of aryl methyl sites for hydroxylation is 3. The van der Waals surface area contributed by atoms with E-state index in [4.69, 9.17) is 4.52 Å². The summed E-state index contributed by atoms with van der Waals surface area (Å²) in [5, 5.41) is 10.7. The van der Waals surface area contributed by atoms with Gasteiger partial charge in [0.15, 0.2) is 5.82 Å². The van der Waals surface area contributed by atoms with Crippen molar-refractivity contribution in [2.75, 3.05) is 5.32 Å². The third-order valence-corrected chi connectivity index (χ3v) is 5.33. The Morgan fingerprint density at radius 1 is 1.23 bits per heavy atom. The summed E-state index contributed by atoms with van der Waals surface area (Å²) in [7, 11) is 0. The topological polar surface area (TPSA) is 92.9 Å². The molecule has 3 aromatic rings. The molecule has 0 radical (unpaired) electrons. The van der Waals surface area contributed by atoms with Gasteiger partial charge in [-0.1, -0.05) is 5.16 Å². The van der Waals surface area contributed by atoms with Gasteiger partial charge in [0.2, 0.25) is 0 Å². The Morgan fingerprint density at radius 3 is 2.77 bits per heavy atom. The van der Waals surface area contributed by atoms with E-state index in [1.165, 1.54) is 4.88 Å². The first kappa shape index (κ1) is 16.7. The number of amides is 2. The summed E-state index contributed by atoms with van der Waals surface area (Å²) in [6.07, 6.45) is 3.04. The van der Waals surface area contributed by atoms with Gasteiger partial charge in [0.1, 0.15) is 0 Å². The number of carbonyl (C=O) groups is 1. The Labute approximate surface area is 154 Å². The molecule has 1 aliphatic carbocycles. The van der Waals surface area contributed by atoms with Gasteiger partial charge in [0.25, 0.3) is 5.89 Å². The van der Waals surface area contributed by atoms with E-state index in [0.29, 0.717) is 17.4 Å². The van der Waals surface area contributed by atoms with Crippen LogP contribution in [0.15, 0.2) is 28.8 Å². The summed E-state index contributed by atoms with van der Waals surface area (Å²) in [5.41, 5.74) is 2.54. The second-order valence-corrected chi connectivity index (χ2v) is 7.60. The van der Waals surface area contributed by atoms with Gasteiger partial charge in [-0.05, 0) is 57.4 Å². The molecule has 0 aliphatic heterocycles. The van der Waals surface area contributed by atoms with E-state index < -0.39 is 0 Å². The van der Waals surface area contributed by atoms with Crippen molar-refractivity contribution in [3.63, 3.8) is 0 Å². The van der Waals surface area contributed by atoms with Crippen LogP contribution >= 0.6 is 11.3 Å². The van der Waals surface area contributed by atoms with E-state index in [1.54, 1.807) is 18.3 Å². The standard InChI is InChI=1S/C18H19N5O2S/c1-10-19-17(25-23-10)12-6-8-13(9-7-12)21-18(24)22-14-4-3-5-15-16(14)20-11(2)26-15/h6-9,14H,3-5H2,1-2H3,(H2,21,22,24)/t14-/m1/s1. The lowest BCUT2D eigenvalue weighted by molar-refractivity contribution is 0.247. The smallest absolute Gasteiger partial charge is 0.319 e. The lowest BCUT2D eigenvalue weighted by Gasteiger charge is -2.22. The summed E-state index contributed by atoms with van der Waals surface area (Å²) in [5.74, 6) is 1.05. The van der Waals surface area contributed by atoms with E-state index in [1.807, 2.05) is 31.2 Å². The minimum absolute atomic E-state index is 0.0238. The molecule has 2 amide bonds. The van der Waals surface area contributed by atoms with Crippen LogP contribution in [0, 0.1) is 13.8 Å². The minimum atomic E-state index is -0.227. The van der Waals surface area contributed by atoms with Gasteiger partial charge in [-0.15, -0.1) is 11.3 Å². The molecule has 2 aromatic heterocycles. The molecule has 4 rings (SSSR count). The van der Waals surface area contributed by atoms with Gasteiger partial charge < -0.3 is 15.2 Å². The van der Waals surface area contributed by atoms with Crippen molar-refractivity contribution in [2.45, 2.75) is 39.2 Å². The highest BCUT2D eigenvalue weighted by molar-refractivity contribution is 7.11. The third-order valence-electron chi connectivity index (χ3n) is 4.28. The molecule has 0 saturated carbocycles. The van der Waals surface area contributed by atoms with Crippen molar-refractivity contribution in [2.24, 2.45) is 0 Å². The van der Waals surface area contributed by atoms with Crippen LogP contribution in [0.3, 0.4) is 0 Å². The molecule has 26 heavy (non-hydrogen) atoms. The van der Waals surface area contributed by atoms with Crippen LogP contribution in [0.25, 0.3) is 11.5 Å². The largest absolute Gasteiger partial charge is 0.334 e. The van der Waals surface area contributed by atoms with E-state index in [-0.39, 0.29) is 12.1 Å². The van der Waals surface area contributed by atoms with E-state index in [0.717, 1.165) is 35.5 Å². The quantitative estimate of drug-likeness (QED) is 0.728. The Morgan fingerprint density at radius 2 is 2.04 bits per heavy atom. The van der Waals surface area contributed by atoms with Gasteiger partial charge in [-0.2, -0.15) is 4.98 Å². The first-order chi connectivity index (χ1) is 12.6. The van der Waals surface area contributed by atoms with E-state index in [9.17, 15) is 4.79 Å². The normalized spacial score (nSPS) is 16.2. The number of urea groups is 1. The average Bonchev–Trinajstić information content (AvgIpc) is 3.21. The molecule has 8 heteroatoms. The number of aromatic nitrogens is 3. The molecule has 1 aliphatic rings. The zero-order chi connectivity index (χ0) is 18.1. The molecule has 2 N–H and O–H groups in total. The van der Waals surface area contributed by atoms with Crippen molar-refractivity contribution in [1.29, 1.82) is 0 Å². The first-order valence-electron chi connectivity index (χ1n) is 8.53. The number of nitrogens with one attached hydrogen (secondary N) is 2. The van der Waals surface area contributed by atoms with Crippen molar-refractivity contribution >= 4 is 23.1 Å². The van der Waals surface area contributed by atoms with Crippen molar-refractivity contribution in [3.05, 3.63) is 45.7 Å². The first-order valence-corrected chi connectivity index (χ1v) is 9.34. The number of fused-ring (bicyclic) bond motifs is 1. The molecule has 0 bridgehead atoms. The van der Waals surface area contributed by atoms with Crippen molar-refractivity contribution < 1.29 is 9.32 Å². The van der Waals surface area contributed by atoms with Crippen LogP contribution in [0.5, 0.6) is 0 Å². The number of rotatable bonds is 3. The zero-order valence-corrected chi connectivity index (χ0v) is 15.4. The highest BCUT2D eigenvalue weighted by atomic mass is 32.1. The van der Waals surface area contributed by atoms with Gasteiger partial charge in [-0.3, -0.25) is 0 Å². The number of anilines is 1. The van der Waals surface area contributed by atoms with E-state index in [2.05, 4.69) is 25.8 Å². The number of carbonyl (C=O) groups excluding carboxylic acids is 1. The van der Waals surface area contributed by atoms with Crippen LogP contribution in [-0.2, 0) is 6.42 Å². The second kappa shape index (κ2) is 6.87.